The summed E-state index contributed by atoms with van der Waals surface area (Å²) in [7, 11) is 0. The SMILES string of the molecule is Cc1ccc(C(=O)Nc2cc(-n3cnc(CN4CCCC4)c3)cc(C(F)(F)F)c2)cc1C#Cc1cnc(NC(=O)C2CC2)nc1. The lowest BCUT2D eigenvalue weighted by atomic mass is 10.0. The number of imidazole rings is 1. The molecule has 230 valence electrons. The number of nitrogens with one attached hydrogen (secondary N) is 2. The number of likely N-dealkylation sites (tertiary alicyclic amines) is 1. The summed E-state index contributed by atoms with van der Waals surface area (Å²) in [5, 5.41) is 5.29. The van der Waals surface area contributed by atoms with Gasteiger partial charge in [0, 0.05) is 53.6 Å². The topological polar surface area (TPSA) is 105 Å². The number of halogens is 3. The Labute approximate surface area is 257 Å². The van der Waals surface area contributed by atoms with Gasteiger partial charge < -0.3 is 9.88 Å². The fourth-order valence-corrected chi connectivity index (χ4v) is 5.01. The molecule has 2 N–H and O–H groups in total. The van der Waals surface area contributed by atoms with Crippen LogP contribution < -0.4 is 10.6 Å². The number of benzene rings is 2. The maximum absolute atomic E-state index is 13.8. The Hall–Kier alpha value is -5.02. The molecule has 3 heterocycles. The van der Waals surface area contributed by atoms with E-state index in [9.17, 15) is 22.8 Å². The standard InChI is InChI=1S/C33H30F3N7O2/c1-21-4-6-25(12-24(21)7-5-22-16-37-32(38-17-22)41-30(44)23-8-9-23)31(45)40-27-13-26(33(34,35)36)14-29(15-27)43-19-28(39-20-43)18-42-10-2-3-11-42/h4,6,12-17,19-20,23H,2-3,8-11,18H2,1H3,(H,40,45)(H,37,38,41,44). The van der Waals surface area contributed by atoms with Gasteiger partial charge in [-0.25, -0.2) is 15.0 Å². The molecule has 2 aliphatic rings. The molecule has 1 aliphatic carbocycles. The number of rotatable bonds is 7. The summed E-state index contributed by atoms with van der Waals surface area (Å²) in [6.45, 7) is 4.41. The quantitative estimate of drug-likeness (QED) is 0.264. The summed E-state index contributed by atoms with van der Waals surface area (Å²) >= 11 is 0. The Balaban J connectivity index is 1.19. The fraction of sp³-hybridized carbons (Fsp3) is 0.303. The van der Waals surface area contributed by atoms with Crippen molar-refractivity contribution in [2.24, 2.45) is 5.92 Å². The second kappa shape index (κ2) is 12.5. The number of carbonyl (C=O) groups is 2. The van der Waals surface area contributed by atoms with E-state index in [0.29, 0.717) is 17.7 Å². The van der Waals surface area contributed by atoms with Crippen LogP contribution >= 0.6 is 0 Å². The third kappa shape index (κ3) is 7.56. The van der Waals surface area contributed by atoms with Crippen molar-refractivity contribution in [3.63, 3.8) is 0 Å². The molecular weight excluding hydrogens is 583 g/mol. The van der Waals surface area contributed by atoms with Gasteiger partial charge in [0.15, 0.2) is 0 Å². The lowest BCUT2D eigenvalue weighted by Crippen LogP contribution is -2.18. The average molecular weight is 614 g/mol. The maximum Gasteiger partial charge on any atom is 0.416 e. The van der Waals surface area contributed by atoms with E-state index in [1.54, 1.807) is 24.4 Å². The van der Waals surface area contributed by atoms with Crippen molar-refractivity contribution in [2.75, 3.05) is 23.7 Å². The number of hydrogen-bond donors (Lipinski definition) is 2. The summed E-state index contributed by atoms with van der Waals surface area (Å²) in [4.78, 5) is 40.0. The minimum absolute atomic E-state index is 0.00107. The van der Waals surface area contributed by atoms with Crippen LogP contribution in [0.2, 0.25) is 0 Å². The van der Waals surface area contributed by atoms with Crippen LogP contribution in [-0.2, 0) is 17.5 Å². The van der Waals surface area contributed by atoms with Crippen molar-refractivity contribution >= 4 is 23.5 Å². The number of aryl methyl sites for hydroxylation is 1. The Morgan fingerprint density at radius 3 is 2.44 bits per heavy atom. The summed E-state index contributed by atoms with van der Waals surface area (Å²) in [5.74, 6) is 5.52. The second-order valence-electron chi connectivity index (χ2n) is 11.3. The smallest absolute Gasteiger partial charge is 0.322 e. The molecule has 12 heteroatoms. The van der Waals surface area contributed by atoms with Crippen LogP contribution in [0.3, 0.4) is 0 Å². The number of carbonyl (C=O) groups excluding carboxylic acids is 2. The minimum atomic E-state index is -4.62. The van der Waals surface area contributed by atoms with Crippen molar-refractivity contribution in [3.8, 4) is 17.5 Å². The van der Waals surface area contributed by atoms with Crippen molar-refractivity contribution in [2.45, 2.75) is 45.3 Å². The Bertz CT molecular complexity index is 1800. The largest absolute Gasteiger partial charge is 0.416 e. The van der Waals surface area contributed by atoms with E-state index in [1.165, 1.54) is 29.4 Å². The number of nitrogens with zero attached hydrogens (tertiary/aromatic N) is 5. The summed E-state index contributed by atoms with van der Waals surface area (Å²) in [6, 6.07) is 8.32. The second-order valence-corrected chi connectivity index (χ2v) is 11.3. The first-order chi connectivity index (χ1) is 21.6. The first kappa shape index (κ1) is 30.0. The van der Waals surface area contributed by atoms with Gasteiger partial charge in [0.1, 0.15) is 0 Å². The number of anilines is 2. The van der Waals surface area contributed by atoms with Gasteiger partial charge in [0.25, 0.3) is 5.91 Å². The third-order valence-electron chi connectivity index (χ3n) is 7.70. The lowest BCUT2D eigenvalue weighted by molar-refractivity contribution is -0.137. The number of alkyl halides is 3. The van der Waals surface area contributed by atoms with Gasteiger partial charge in [0.05, 0.1) is 23.1 Å². The van der Waals surface area contributed by atoms with E-state index in [2.05, 4.69) is 42.3 Å². The van der Waals surface area contributed by atoms with E-state index in [4.69, 9.17) is 0 Å². The zero-order valence-electron chi connectivity index (χ0n) is 24.5. The normalized spacial score (nSPS) is 14.9. The van der Waals surface area contributed by atoms with Gasteiger partial charge in [-0.1, -0.05) is 17.9 Å². The molecule has 0 atom stereocenters. The molecule has 0 bridgehead atoms. The fourth-order valence-electron chi connectivity index (χ4n) is 5.01. The van der Waals surface area contributed by atoms with E-state index in [-0.39, 0.29) is 34.7 Å². The molecule has 2 aromatic heterocycles. The Morgan fingerprint density at radius 1 is 0.978 bits per heavy atom. The highest BCUT2D eigenvalue weighted by Crippen LogP contribution is 2.33. The average Bonchev–Trinajstić information content (AvgIpc) is 3.55. The van der Waals surface area contributed by atoms with Crippen molar-refractivity contribution in [1.29, 1.82) is 0 Å². The molecule has 6 rings (SSSR count). The zero-order chi connectivity index (χ0) is 31.6. The van der Waals surface area contributed by atoms with Gasteiger partial charge in [-0.15, -0.1) is 0 Å². The van der Waals surface area contributed by atoms with E-state index in [1.807, 2.05) is 6.92 Å². The van der Waals surface area contributed by atoms with Crippen molar-refractivity contribution in [3.05, 3.63) is 94.8 Å². The van der Waals surface area contributed by atoms with Gasteiger partial charge in [-0.05, 0) is 81.6 Å². The highest BCUT2D eigenvalue weighted by molar-refractivity contribution is 6.04. The van der Waals surface area contributed by atoms with Crippen LogP contribution in [0.1, 0.15) is 64.0 Å². The molecule has 1 saturated carbocycles. The predicted octanol–water partition coefficient (Wildman–Crippen LogP) is 5.59. The molecule has 2 aromatic carbocycles. The van der Waals surface area contributed by atoms with Gasteiger partial charge in [0.2, 0.25) is 11.9 Å². The monoisotopic (exact) mass is 613 g/mol. The van der Waals surface area contributed by atoms with Crippen molar-refractivity contribution < 1.29 is 22.8 Å². The highest BCUT2D eigenvalue weighted by atomic mass is 19.4. The number of aromatic nitrogens is 4. The maximum atomic E-state index is 13.8. The number of amides is 2. The molecule has 45 heavy (non-hydrogen) atoms. The molecule has 1 aliphatic heterocycles. The summed E-state index contributed by atoms with van der Waals surface area (Å²) in [5.41, 5.74) is 2.20. The van der Waals surface area contributed by atoms with Crippen molar-refractivity contribution in [1.82, 2.24) is 24.4 Å². The molecule has 1 saturated heterocycles. The molecule has 0 radical (unpaired) electrons. The zero-order valence-corrected chi connectivity index (χ0v) is 24.5. The van der Waals surface area contributed by atoms with E-state index in [0.717, 1.165) is 62.2 Å². The first-order valence-corrected chi connectivity index (χ1v) is 14.7. The Morgan fingerprint density at radius 2 is 1.73 bits per heavy atom. The molecule has 0 unspecified atom stereocenters. The first-order valence-electron chi connectivity index (χ1n) is 14.7. The van der Waals surface area contributed by atoms with Crippen LogP contribution in [0.25, 0.3) is 5.69 Å². The minimum Gasteiger partial charge on any atom is -0.322 e. The van der Waals surface area contributed by atoms with Gasteiger partial charge >= 0.3 is 6.18 Å². The third-order valence-corrected chi connectivity index (χ3v) is 7.70. The van der Waals surface area contributed by atoms with Crippen LogP contribution in [0.5, 0.6) is 0 Å². The van der Waals surface area contributed by atoms with Gasteiger partial charge in [-0.3, -0.25) is 19.8 Å². The van der Waals surface area contributed by atoms with Crippen LogP contribution in [0.4, 0.5) is 24.8 Å². The molecule has 2 fully saturated rings. The molecule has 9 nitrogen and oxygen atoms in total. The molecule has 4 aromatic rings. The number of hydrogen-bond acceptors (Lipinski definition) is 6. The summed E-state index contributed by atoms with van der Waals surface area (Å²) < 4.78 is 43.1. The Kier molecular flexibility index (Phi) is 8.36. The highest BCUT2D eigenvalue weighted by Gasteiger charge is 2.32. The van der Waals surface area contributed by atoms with Gasteiger partial charge in [-0.2, -0.15) is 13.2 Å². The van der Waals surface area contributed by atoms with Crippen LogP contribution in [0, 0.1) is 24.7 Å². The molecule has 0 spiro atoms. The van der Waals surface area contributed by atoms with E-state index >= 15 is 0 Å². The van der Waals surface area contributed by atoms with E-state index < -0.39 is 17.6 Å². The van der Waals surface area contributed by atoms with Crippen LogP contribution in [0.15, 0.2) is 61.3 Å². The molecular formula is C33H30F3N7O2. The predicted molar refractivity (Wildman–Crippen MR) is 162 cm³/mol. The van der Waals surface area contributed by atoms with Crippen LogP contribution in [-0.4, -0.2) is 49.3 Å². The molecule has 2 amide bonds. The lowest BCUT2D eigenvalue weighted by Gasteiger charge is -2.14. The summed E-state index contributed by atoms with van der Waals surface area (Å²) in [6.07, 6.45) is 5.56.